The van der Waals surface area contributed by atoms with Crippen LogP contribution in [0.15, 0.2) is 36.5 Å². The van der Waals surface area contributed by atoms with Gasteiger partial charge in [-0.3, -0.25) is 4.79 Å². The van der Waals surface area contributed by atoms with Gasteiger partial charge < -0.3 is 11.1 Å². The van der Waals surface area contributed by atoms with Gasteiger partial charge in [0.2, 0.25) is 5.91 Å². The van der Waals surface area contributed by atoms with Crippen LogP contribution in [0.5, 0.6) is 0 Å². The molecule has 0 spiro atoms. The van der Waals surface area contributed by atoms with E-state index in [0.717, 1.165) is 5.56 Å². The quantitative estimate of drug-likeness (QED) is 0.914. The minimum atomic E-state index is -0.162. The Morgan fingerprint density at radius 3 is 2.63 bits per heavy atom. The molecule has 0 fully saturated rings. The van der Waals surface area contributed by atoms with Crippen molar-refractivity contribution in [3.05, 3.63) is 52.1 Å². The molecule has 0 radical (unpaired) electrons. The van der Waals surface area contributed by atoms with Crippen molar-refractivity contribution in [1.29, 1.82) is 0 Å². The summed E-state index contributed by atoms with van der Waals surface area (Å²) in [5.41, 5.74) is 6.84. The number of anilines is 2. The first kappa shape index (κ1) is 13.6. The predicted molar refractivity (Wildman–Crippen MR) is 77.4 cm³/mol. The van der Waals surface area contributed by atoms with Crippen molar-refractivity contribution >= 4 is 40.6 Å². The molecule has 1 aromatic heterocycles. The monoisotopic (exact) mass is 295 g/mol. The van der Waals surface area contributed by atoms with Gasteiger partial charge in [0.1, 0.15) is 5.82 Å². The van der Waals surface area contributed by atoms with Gasteiger partial charge in [-0.15, -0.1) is 0 Å². The number of amides is 1. The van der Waals surface area contributed by atoms with Gasteiger partial charge in [0.15, 0.2) is 0 Å². The first-order chi connectivity index (χ1) is 9.04. The highest BCUT2D eigenvalue weighted by Crippen LogP contribution is 2.22. The van der Waals surface area contributed by atoms with E-state index in [1.54, 1.807) is 30.3 Å². The minimum absolute atomic E-state index is 0.162. The molecule has 3 N–H and O–H groups in total. The number of hydrogen-bond acceptors (Lipinski definition) is 3. The minimum Gasteiger partial charge on any atom is -0.384 e. The molecule has 2 rings (SSSR count). The van der Waals surface area contributed by atoms with E-state index in [-0.39, 0.29) is 12.3 Å². The number of aromatic nitrogens is 1. The Hall–Kier alpha value is -1.78. The van der Waals surface area contributed by atoms with E-state index >= 15 is 0 Å². The second kappa shape index (κ2) is 5.91. The first-order valence-corrected chi connectivity index (χ1v) is 6.25. The number of benzene rings is 1. The molecule has 0 saturated heterocycles. The molecule has 0 bridgehead atoms. The second-order valence-corrected chi connectivity index (χ2v) is 4.76. The third-order valence-electron chi connectivity index (χ3n) is 2.42. The van der Waals surface area contributed by atoms with Gasteiger partial charge in [-0.05, 0) is 29.8 Å². The number of nitrogens with one attached hydrogen (secondary N) is 1. The number of halogens is 2. The number of nitrogens with two attached hydrogens (primary N) is 1. The topological polar surface area (TPSA) is 68.0 Å². The number of rotatable bonds is 3. The molecule has 1 heterocycles. The van der Waals surface area contributed by atoms with Gasteiger partial charge in [0.25, 0.3) is 0 Å². The molecular formula is C13H11Cl2N3O. The molecule has 6 heteroatoms. The molecule has 0 aliphatic heterocycles. The highest BCUT2D eigenvalue weighted by molar-refractivity contribution is 6.42. The molecule has 4 nitrogen and oxygen atoms in total. The van der Waals surface area contributed by atoms with Crippen molar-refractivity contribution in [2.75, 3.05) is 11.1 Å². The highest BCUT2D eigenvalue weighted by atomic mass is 35.5. The summed E-state index contributed by atoms with van der Waals surface area (Å²) in [5, 5.41) is 3.62. The van der Waals surface area contributed by atoms with Gasteiger partial charge in [-0.2, -0.15) is 0 Å². The molecule has 0 atom stereocenters. The second-order valence-electron chi connectivity index (χ2n) is 3.95. The van der Waals surface area contributed by atoms with Crippen LogP contribution in [-0.4, -0.2) is 10.9 Å². The number of carbonyl (C=O) groups excluding carboxylic acids is 1. The van der Waals surface area contributed by atoms with E-state index in [1.165, 1.54) is 6.20 Å². The van der Waals surface area contributed by atoms with E-state index in [1.807, 2.05) is 0 Å². The van der Waals surface area contributed by atoms with Gasteiger partial charge in [-0.1, -0.05) is 29.3 Å². The van der Waals surface area contributed by atoms with Crippen LogP contribution in [-0.2, 0) is 11.2 Å². The van der Waals surface area contributed by atoms with Gasteiger partial charge >= 0.3 is 0 Å². The maximum atomic E-state index is 11.8. The highest BCUT2D eigenvalue weighted by Gasteiger charge is 2.06. The fourth-order valence-electron chi connectivity index (χ4n) is 1.52. The van der Waals surface area contributed by atoms with Crippen LogP contribution < -0.4 is 11.1 Å². The van der Waals surface area contributed by atoms with Crippen LogP contribution in [0, 0.1) is 0 Å². The van der Waals surface area contributed by atoms with Crippen molar-refractivity contribution in [3.63, 3.8) is 0 Å². The summed E-state index contributed by atoms with van der Waals surface area (Å²) in [7, 11) is 0. The number of hydrogen-bond donors (Lipinski definition) is 2. The van der Waals surface area contributed by atoms with E-state index in [9.17, 15) is 4.79 Å². The van der Waals surface area contributed by atoms with Crippen LogP contribution >= 0.6 is 23.2 Å². The molecule has 0 aliphatic rings. The zero-order valence-electron chi connectivity index (χ0n) is 9.86. The zero-order chi connectivity index (χ0) is 13.8. The smallest absolute Gasteiger partial charge is 0.228 e. The van der Waals surface area contributed by atoms with Crippen LogP contribution in [0.2, 0.25) is 10.0 Å². The zero-order valence-corrected chi connectivity index (χ0v) is 11.4. The first-order valence-electron chi connectivity index (χ1n) is 5.50. The number of carbonyl (C=O) groups is 1. The molecule has 0 aliphatic carbocycles. The molecule has 1 aromatic carbocycles. The third kappa shape index (κ3) is 3.84. The average molecular weight is 296 g/mol. The summed E-state index contributed by atoms with van der Waals surface area (Å²) in [6, 6.07) is 8.40. The lowest BCUT2D eigenvalue weighted by atomic mass is 10.1. The predicted octanol–water partition coefficient (Wildman–Crippen LogP) is 3.15. The Morgan fingerprint density at radius 1 is 1.21 bits per heavy atom. The number of nitrogen functional groups attached to an aromatic ring is 1. The summed E-state index contributed by atoms with van der Waals surface area (Å²) in [4.78, 5) is 15.7. The summed E-state index contributed by atoms with van der Waals surface area (Å²) >= 11 is 11.7. The lowest BCUT2D eigenvalue weighted by Crippen LogP contribution is -2.14. The fraction of sp³-hybridized carbons (Fsp3) is 0.0769. The van der Waals surface area contributed by atoms with Crippen molar-refractivity contribution in [3.8, 4) is 0 Å². The number of pyridine rings is 1. The SMILES string of the molecule is Nc1ccc(NC(=O)Cc2ccc(Cl)c(Cl)c2)cn1. The van der Waals surface area contributed by atoms with E-state index in [0.29, 0.717) is 21.6 Å². The van der Waals surface area contributed by atoms with Crippen molar-refractivity contribution in [2.24, 2.45) is 0 Å². The van der Waals surface area contributed by atoms with Gasteiger partial charge in [0.05, 0.1) is 28.4 Å². The normalized spacial score (nSPS) is 10.2. The molecule has 98 valence electrons. The van der Waals surface area contributed by atoms with Crippen LogP contribution in [0.4, 0.5) is 11.5 Å². The van der Waals surface area contributed by atoms with Crippen molar-refractivity contribution < 1.29 is 4.79 Å². The lowest BCUT2D eigenvalue weighted by molar-refractivity contribution is -0.115. The molecule has 0 saturated carbocycles. The van der Waals surface area contributed by atoms with Crippen LogP contribution in [0.25, 0.3) is 0 Å². The maximum Gasteiger partial charge on any atom is 0.228 e. The summed E-state index contributed by atoms with van der Waals surface area (Å²) in [5.74, 6) is 0.243. The molecule has 2 aromatic rings. The summed E-state index contributed by atoms with van der Waals surface area (Å²) < 4.78 is 0. The molecule has 19 heavy (non-hydrogen) atoms. The Kier molecular flexibility index (Phi) is 4.24. The Balaban J connectivity index is 2.01. The van der Waals surface area contributed by atoms with Crippen molar-refractivity contribution in [2.45, 2.75) is 6.42 Å². The average Bonchev–Trinajstić information content (AvgIpc) is 2.37. The summed E-state index contributed by atoms with van der Waals surface area (Å²) in [6.45, 7) is 0. The van der Waals surface area contributed by atoms with Gasteiger partial charge in [-0.25, -0.2) is 4.98 Å². The van der Waals surface area contributed by atoms with E-state index in [4.69, 9.17) is 28.9 Å². The van der Waals surface area contributed by atoms with E-state index < -0.39 is 0 Å². The van der Waals surface area contributed by atoms with Crippen molar-refractivity contribution in [1.82, 2.24) is 4.98 Å². The Bertz CT molecular complexity index is 599. The third-order valence-corrected chi connectivity index (χ3v) is 3.16. The Morgan fingerprint density at radius 2 is 2.00 bits per heavy atom. The maximum absolute atomic E-state index is 11.8. The standard InChI is InChI=1S/C13H11Cl2N3O/c14-10-3-1-8(5-11(10)15)6-13(19)18-9-2-4-12(16)17-7-9/h1-5,7H,6H2,(H2,16,17)(H,18,19). The van der Waals surface area contributed by atoms with E-state index in [2.05, 4.69) is 10.3 Å². The fourth-order valence-corrected chi connectivity index (χ4v) is 1.84. The van der Waals surface area contributed by atoms with Crippen LogP contribution in [0.3, 0.4) is 0 Å². The molecule has 1 amide bonds. The number of nitrogens with zero attached hydrogens (tertiary/aromatic N) is 1. The van der Waals surface area contributed by atoms with Crippen LogP contribution in [0.1, 0.15) is 5.56 Å². The molecule has 0 unspecified atom stereocenters. The largest absolute Gasteiger partial charge is 0.384 e. The Labute approximate surface area is 120 Å². The lowest BCUT2D eigenvalue weighted by Gasteiger charge is -2.06. The molecular weight excluding hydrogens is 285 g/mol. The summed E-state index contributed by atoms with van der Waals surface area (Å²) in [6.07, 6.45) is 1.71. The van der Waals surface area contributed by atoms with Gasteiger partial charge in [0, 0.05) is 0 Å².